The van der Waals surface area contributed by atoms with Gasteiger partial charge in [0.1, 0.15) is 0 Å². The number of piperidine rings is 1. The predicted molar refractivity (Wildman–Crippen MR) is 66.9 cm³/mol. The van der Waals surface area contributed by atoms with Crippen molar-refractivity contribution in [2.24, 2.45) is 17.6 Å². The van der Waals surface area contributed by atoms with E-state index in [1.807, 2.05) is 0 Å². The van der Waals surface area contributed by atoms with Crippen LogP contribution in [-0.2, 0) is 0 Å². The Morgan fingerprint density at radius 3 is 2.53 bits per heavy atom. The fraction of sp³-hybridized carbons (Fsp3) is 1.00. The molecule has 2 nitrogen and oxygen atoms in total. The molecule has 1 fully saturated rings. The molecule has 1 heterocycles. The lowest BCUT2D eigenvalue weighted by Crippen LogP contribution is -2.52. The minimum Gasteiger partial charge on any atom is -0.329 e. The van der Waals surface area contributed by atoms with E-state index >= 15 is 0 Å². The molecule has 1 aliphatic heterocycles. The highest BCUT2D eigenvalue weighted by Crippen LogP contribution is 2.26. The van der Waals surface area contributed by atoms with E-state index < -0.39 is 0 Å². The fourth-order valence-corrected chi connectivity index (χ4v) is 3.01. The first-order valence-electron chi connectivity index (χ1n) is 6.52. The van der Waals surface area contributed by atoms with Crippen molar-refractivity contribution >= 4 is 0 Å². The summed E-state index contributed by atoms with van der Waals surface area (Å²) in [7, 11) is 0. The SMILES string of the molecule is CC(C)CC(C)N1CCCC(C)C1CN. The summed E-state index contributed by atoms with van der Waals surface area (Å²) in [6.07, 6.45) is 4.00. The monoisotopic (exact) mass is 212 g/mol. The molecule has 0 radical (unpaired) electrons. The van der Waals surface area contributed by atoms with Crippen LogP contribution in [0.2, 0.25) is 0 Å². The maximum Gasteiger partial charge on any atom is 0.0246 e. The largest absolute Gasteiger partial charge is 0.329 e. The second-order valence-electron chi connectivity index (χ2n) is 5.64. The summed E-state index contributed by atoms with van der Waals surface area (Å²) in [5.41, 5.74) is 5.91. The summed E-state index contributed by atoms with van der Waals surface area (Å²) in [5, 5.41) is 0. The van der Waals surface area contributed by atoms with Gasteiger partial charge in [-0.25, -0.2) is 0 Å². The van der Waals surface area contributed by atoms with Gasteiger partial charge in [-0.1, -0.05) is 20.8 Å². The van der Waals surface area contributed by atoms with E-state index in [1.165, 1.54) is 25.8 Å². The number of hydrogen-bond acceptors (Lipinski definition) is 2. The smallest absolute Gasteiger partial charge is 0.0246 e. The highest BCUT2D eigenvalue weighted by atomic mass is 15.2. The van der Waals surface area contributed by atoms with Crippen molar-refractivity contribution in [3.63, 3.8) is 0 Å². The molecule has 0 saturated carbocycles. The van der Waals surface area contributed by atoms with Gasteiger partial charge in [0.15, 0.2) is 0 Å². The molecule has 1 aliphatic rings. The summed E-state index contributed by atoms with van der Waals surface area (Å²) in [6, 6.07) is 1.31. The van der Waals surface area contributed by atoms with Crippen molar-refractivity contribution in [2.75, 3.05) is 13.1 Å². The zero-order valence-corrected chi connectivity index (χ0v) is 10.9. The summed E-state index contributed by atoms with van der Waals surface area (Å²) < 4.78 is 0. The minimum atomic E-state index is 0.618. The molecule has 0 aliphatic carbocycles. The zero-order chi connectivity index (χ0) is 11.4. The molecule has 0 aromatic rings. The van der Waals surface area contributed by atoms with Gasteiger partial charge in [-0.15, -0.1) is 0 Å². The van der Waals surface area contributed by atoms with Crippen molar-refractivity contribution in [3.8, 4) is 0 Å². The topological polar surface area (TPSA) is 29.3 Å². The molecule has 0 bridgehead atoms. The van der Waals surface area contributed by atoms with Crippen LogP contribution in [0.5, 0.6) is 0 Å². The second-order valence-corrected chi connectivity index (χ2v) is 5.64. The number of likely N-dealkylation sites (tertiary alicyclic amines) is 1. The minimum absolute atomic E-state index is 0.618. The summed E-state index contributed by atoms with van der Waals surface area (Å²) in [5.74, 6) is 1.56. The molecular formula is C13H28N2. The molecule has 3 atom stereocenters. The molecule has 0 spiro atoms. The first-order chi connectivity index (χ1) is 7.06. The summed E-state index contributed by atoms with van der Waals surface area (Å²) in [6.45, 7) is 11.4. The van der Waals surface area contributed by atoms with Gasteiger partial charge >= 0.3 is 0 Å². The molecule has 0 aromatic heterocycles. The molecular weight excluding hydrogens is 184 g/mol. The number of nitrogens with zero attached hydrogens (tertiary/aromatic N) is 1. The van der Waals surface area contributed by atoms with Crippen molar-refractivity contribution < 1.29 is 0 Å². The van der Waals surface area contributed by atoms with Crippen LogP contribution < -0.4 is 5.73 Å². The molecule has 2 heteroatoms. The summed E-state index contributed by atoms with van der Waals surface area (Å²) >= 11 is 0. The molecule has 90 valence electrons. The van der Waals surface area contributed by atoms with Gasteiger partial charge in [0.25, 0.3) is 0 Å². The Morgan fingerprint density at radius 2 is 2.00 bits per heavy atom. The van der Waals surface area contributed by atoms with Crippen LogP contribution in [0.25, 0.3) is 0 Å². The van der Waals surface area contributed by atoms with Crippen molar-refractivity contribution in [3.05, 3.63) is 0 Å². The van der Waals surface area contributed by atoms with Crippen LogP contribution in [-0.4, -0.2) is 30.1 Å². The van der Waals surface area contributed by atoms with Crippen LogP contribution in [0.1, 0.15) is 47.0 Å². The second kappa shape index (κ2) is 5.86. The summed E-state index contributed by atoms with van der Waals surface area (Å²) in [4.78, 5) is 2.65. The lowest BCUT2D eigenvalue weighted by Gasteiger charge is -2.43. The van der Waals surface area contributed by atoms with E-state index in [0.717, 1.165) is 18.4 Å². The normalized spacial score (nSPS) is 30.8. The Bertz CT molecular complexity index is 179. The maximum atomic E-state index is 5.91. The maximum absolute atomic E-state index is 5.91. The molecule has 2 N–H and O–H groups in total. The van der Waals surface area contributed by atoms with Gasteiger partial charge in [0.05, 0.1) is 0 Å². The van der Waals surface area contributed by atoms with E-state index in [2.05, 4.69) is 32.6 Å². The van der Waals surface area contributed by atoms with E-state index in [0.29, 0.717) is 12.1 Å². The van der Waals surface area contributed by atoms with Crippen molar-refractivity contribution in [1.82, 2.24) is 4.90 Å². The molecule has 1 saturated heterocycles. The van der Waals surface area contributed by atoms with E-state index in [-0.39, 0.29) is 0 Å². The highest BCUT2D eigenvalue weighted by Gasteiger charge is 2.30. The van der Waals surface area contributed by atoms with Crippen molar-refractivity contribution in [2.45, 2.75) is 59.0 Å². The average molecular weight is 212 g/mol. The van der Waals surface area contributed by atoms with Gasteiger partial charge in [0, 0.05) is 18.6 Å². The number of hydrogen-bond donors (Lipinski definition) is 1. The Morgan fingerprint density at radius 1 is 1.33 bits per heavy atom. The molecule has 1 rings (SSSR count). The van der Waals surface area contributed by atoms with Crippen LogP contribution in [0.15, 0.2) is 0 Å². The number of nitrogens with two attached hydrogens (primary N) is 1. The Labute approximate surface area is 95.2 Å². The number of rotatable bonds is 4. The van der Waals surface area contributed by atoms with Gasteiger partial charge in [-0.05, 0) is 44.6 Å². The fourth-order valence-electron chi connectivity index (χ4n) is 3.01. The van der Waals surface area contributed by atoms with Crippen LogP contribution in [0.3, 0.4) is 0 Å². The highest BCUT2D eigenvalue weighted by molar-refractivity contribution is 4.86. The molecule has 0 aromatic carbocycles. The molecule has 0 amide bonds. The Hall–Kier alpha value is -0.0800. The standard InChI is InChI=1S/C13H28N2/c1-10(2)8-12(4)15-7-5-6-11(3)13(15)9-14/h10-13H,5-9,14H2,1-4H3. The zero-order valence-electron chi connectivity index (χ0n) is 10.9. The van der Waals surface area contributed by atoms with Gasteiger partial charge in [0.2, 0.25) is 0 Å². The average Bonchev–Trinajstić information content (AvgIpc) is 2.16. The van der Waals surface area contributed by atoms with E-state index in [4.69, 9.17) is 5.73 Å². The predicted octanol–water partition coefficient (Wildman–Crippen LogP) is 2.48. The van der Waals surface area contributed by atoms with E-state index in [9.17, 15) is 0 Å². The third kappa shape index (κ3) is 3.46. The molecule has 3 unspecified atom stereocenters. The van der Waals surface area contributed by atoms with Gasteiger partial charge in [-0.3, -0.25) is 4.90 Å². The third-order valence-corrected chi connectivity index (χ3v) is 3.78. The van der Waals surface area contributed by atoms with E-state index in [1.54, 1.807) is 0 Å². The lowest BCUT2D eigenvalue weighted by atomic mass is 9.88. The van der Waals surface area contributed by atoms with Crippen LogP contribution >= 0.6 is 0 Å². The van der Waals surface area contributed by atoms with Crippen molar-refractivity contribution in [1.29, 1.82) is 0 Å². The Kier molecular flexibility index (Phi) is 5.07. The van der Waals surface area contributed by atoms with Crippen LogP contribution in [0, 0.1) is 11.8 Å². The quantitative estimate of drug-likeness (QED) is 0.776. The first-order valence-corrected chi connectivity index (χ1v) is 6.52. The molecule has 15 heavy (non-hydrogen) atoms. The van der Waals surface area contributed by atoms with Gasteiger partial charge < -0.3 is 5.73 Å². The lowest BCUT2D eigenvalue weighted by molar-refractivity contribution is 0.0605. The third-order valence-electron chi connectivity index (χ3n) is 3.78. The van der Waals surface area contributed by atoms with Gasteiger partial charge in [-0.2, -0.15) is 0 Å². The first kappa shape index (κ1) is 13.0. The Balaban J connectivity index is 2.56. The van der Waals surface area contributed by atoms with Crippen LogP contribution in [0.4, 0.5) is 0 Å².